The Bertz CT molecular complexity index is 1290. The first-order valence-corrected chi connectivity index (χ1v) is 12.3. The number of rotatable bonds is 12. The van der Waals surface area contributed by atoms with Gasteiger partial charge in [-0.3, -0.25) is 14.4 Å². The van der Waals surface area contributed by atoms with Crippen LogP contribution in [-0.2, 0) is 20.8 Å². The number of ether oxygens (including phenoxy) is 2. The number of hydrazone groups is 1. The molecule has 0 spiro atoms. The summed E-state index contributed by atoms with van der Waals surface area (Å²) in [4.78, 5) is 36.7. The van der Waals surface area contributed by atoms with Gasteiger partial charge in [-0.15, -0.1) is 0 Å². The zero-order chi connectivity index (χ0) is 27.5. The number of hydrogen-bond donors (Lipinski definition) is 3. The van der Waals surface area contributed by atoms with Crippen LogP contribution in [0.15, 0.2) is 77.9 Å². The van der Waals surface area contributed by atoms with Gasteiger partial charge in [0.1, 0.15) is 17.5 Å². The predicted molar refractivity (Wildman–Crippen MR) is 145 cm³/mol. The van der Waals surface area contributed by atoms with E-state index >= 15 is 0 Å². The van der Waals surface area contributed by atoms with Crippen molar-refractivity contribution in [3.63, 3.8) is 0 Å². The number of hydrogen-bond acceptors (Lipinski definition) is 6. The van der Waals surface area contributed by atoms with Gasteiger partial charge in [0.05, 0.1) is 11.2 Å². The second-order valence-electron chi connectivity index (χ2n) is 8.14. The molecule has 0 aliphatic rings. The molecule has 2 atom stereocenters. The lowest BCUT2D eigenvalue weighted by molar-refractivity contribution is -0.132. The minimum absolute atomic E-state index is 0.228. The number of carbonyl (C=O) groups is 3. The van der Waals surface area contributed by atoms with Gasteiger partial charge in [0.25, 0.3) is 17.7 Å². The first-order chi connectivity index (χ1) is 18.2. The molecule has 0 fully saturated rings. The molecule has 3 aromatic rings. The van der Waals surface area contributed by atoms with E-state index in [0.29, 0.717) is 22.1 Å². The summed E-state index contributed by atoms with van der Waals surface area (Å²) >= 11 is 12.1. The fourth-order valence-corrected chi connectivity index (χ4v) is 3.67. The van der Waals surface area contributed by atoms with Crippen LogP contribution in [0.5, 0.6) is 11.5 Å². The SMILES string of the molecule is C[C@@H](Oc1ccc(Cl)cc1Cl)C(=O)N[C@H](Cc1ccccc1)C(=O)N/N=C\c1ccc(OCC(N)=O)cc1. The van der Waals surface area contributed by atoms with Gasteiger partial charge >= 0.3 is 0 Å². The van der Waals surface area contributed by atoms with Gasteiger partial charge in [-0.2, -0.15) is 5.10 Å². The molecule has 0 aromatic heterocycles. The maximum Gasteiger partial charge on any atom is 0.262 e. The number of amides is 3. The third kappa shape index (κ3) is 9.10. The lowest BCUT2D eigenvalue weighted by Crippen LogP contribution is -2.50. The summed E-state index contributed by atoms with van der Waals surface area (Å²) in [5.74, 6) is -0.852. The highest BCUT2D eigenvalue weighted by molar-refractivity contribution is 6.35. The monoisotopic (exact) mass is 556 g/mol. The Morgan fingerprint density at radius 2 is 1.71 bits per heavy atom. The smallest absolute Gasteiger partial charge is 0.262 e. The van der Waals surface area contributed by atoms with E-state index in [4.69, 9.17) is 38.4 Å². The summed E-state index contributed by atoms with van der Waals surface area (Å²) in [5.41, 5.74) is 9.04. The predicted octanol–water partition coefficient (Wildman–Crippen LogP) is 3.50. The van der Waals surface area contributed by atoms with E-state index in [-0.39, 0.29) is 18.1 Å². The second-order valence-corrected chi connectivity index (χ2v) is 8.99. The number of carbonyl (C=O) groups excluding carboxylic acids is 3. The van der Waals surface area contributed by atoms with E-state index in [1.54, 1.807) is 43.3 Å². The number of halogens is 2. The lowest BCUT2D eigenvalue weighted by Gasteiger charge is -2.21. The Balaban J connectivity index is 1.64. The van der Waals surface area contributed by atoms with Crippen molar-refractivity contribution in [3.8, 4) is 11.5 Å². The Morgan fingerprint density at radius 1 is 1.00 bits per heavy atom. The fraction of sp³-hybridized carbons (Fsp3) is 0.185. The molecule has 0 aliphatic carbocycles. The summed E-state index contributed by atoms with van der Waals surface area (Å²) in [6.45, 7) is 1.32. The van der Waals surface area contributed by atoms with Gasteiger partial charge in [-0.25, -0.2) is 5.43 Å². The van der Waals surface area contributed by atoms with Crippen LogP contribution in [0, 0.1) is 0 Å². The molecular weight excluding hydrogens is 531 g/mol. The third-order valence-electron chi connectivity index (χ3n) is 5.13. The molecule has 4 N–H and O–H groups in total. The molecule has 198 valence electrons. The second kappa shape index (κ2) is 14.0. The highest BCUT2D eigenvalue weighted by atomic mass is 35.5. The van der Waals surface area contributed by atoms with Crippen LogP contribution in [-0.4, -0.2) is 42.7 Å². The average Bonchev–Trinajstić information content (AvgIpc) is 2.89. The van der Waals surface area contributed by atoms with Crippen LogP contribution < -0.4 is 25.9 Å². The van der Waals surface area contributed by atoms with Crippen molar-refractivity contribution < 1.29 is 23.9 Å². The highest BCUT2D eigenvalue weighted by Crippen LogP contribution is 2.28. The van der Waals surface area contributed by atoms with Crippen molar-refractivity contribution in [2.24, 2.45) is 10.8 Å². The Hall–Kier alpha value is -4.08. The summed E-state index contributed by atoms with van der Waals surface area (Å²) in [6, 6.07) is 19.6. The molecule has 38 heavy (non-hydrogen) atoms. The van der Waals surface area contributed by atoms with E-state index in [2.05, 4.69) is 15.8 Å². The third-order valence-corrected chi connectivity index (χ3v) is 5.66. The number of nitrogens with two attached hydrogens (primary N) is 1. The van der Waals surface area contributed by atoms with Crippen molar-refractivity contribution in [2.45, 2.75) is 25.5 Å². The van der Waals surface area contributed by atoms with Crippen molar-refractivity contribution in [1.82, 2.24) is 10.7 Å². The molecule has 3 amide bonds. The molecule has 11 heteroatoms. The summed E-state index contributed by atoms with van der Waals surface area (Å²) in [7, 11) is 0. The first-order valence-electron chi connectivity index (χ1n) is 11.5. The van der Waals surface area contributed by atoms with E-state index in [0.717, 1.165) is 5.56 Å². The van der Waals surface area contributed by atoms with Crippen molar-refractivity contribution >= 4 is 47.1 Å². The van der Waals surface area contributed by atoms with Gasteiger partial charge in [-0.05, 0) is 60.5 Å². The molecule has 0 bridgehead atoms. The lowest BCUT2D eigenvalue weighted by atomic mass is 10.1. The van der Waals surface area contributed by atoms with Crippen molar-refractivity contribution in [2.75, 3.05) is 6.61 Å². The molecule has 0 radical (unpaired) electrons. The summed E-state index contributed by atoms with van der Waals surface area (Å²) < 4.78 is 10.9. The van der Waals surface area contributed by atoms with Gasteiger partial charge in [-0.1, -0.05) is 53.5 Å². The molecule has 9 nitrogen and oxygen atoms in total. The van der Waals surface area contributed by atoms with E-state index in [1.165, 1.54) is 12.3 Å². The summed E-state index contributed by atoms with van der Waals surface area (Å²) in [5, 5.41) is 7.42. The van der Waals surface area contributed by atoms with Crippen LogP contribution in [0.2, 0.25) is 10.0 Å². The van der Waals surface area contributed by atoms with Crippen molar-refractivity contribution in [1.29, 1.82) is 0 Å². The molecule has 3 aromatic carbocycles. The molecule has 0 saturated carbocycles. The molecule has 0 heterocycles. The van der Waals surface area contributed by atoms with E-state index < -0.39 is 29.9 Å². The number of nitrogens with zero attached hydrogens (tertiary/aromatic N) is 1. The standard InChI is InChI=1S/C27H26Cl2N4O5/c1-17(38-24-12-9-20(28)14-22(24)29)26(35)32-23(13-18-5-3-2-4-6-18)27(36)33-31-15-19-7-10-21(11-8-19)37-16-25(30)34/h2-12,14-15,17,23H,13,16H2,1H3,(H2,30,34)(H,32,35)(H,33,36)/b31-15-/t17-,23-/m1/s1. The quantitative estimate of drug-likeness (QED) is 0.232. The van der Waals surface area contributed by atoms with Crippen LogP contribution in [0.1, 0.15) is 18.1 Å². The van der Waals surface area contributed by atoms with E-state index in [1.807, 2.05) is 30.3 Å². The number of primary amides is 1. The maximum absolute atomic E-state index is 13.0. The normalized spacial score (nSPS) is 12.4. The molecule has 0 saturated heterocycles. The molecule has 0 unspecified atom stereocenters. The molecule has 0 aliphatic heterocycles. The first kappa shape index (κ1) is 28.5. The Labute approximate surface area is 229 Å². The minimum atomic E-state index is -0.946. The van der Waals surface area contributed by atoms with Crippen LogP contribution >= 0.6 is 23.2 Å². The van der Waals surface area contributed by atoms with Gasteiger partial charge in [0.15, 0.2) is 12.7 Å². The van der Waals surface area contributed by atoms with Gasteiger partial charge < -0.3 is 20.5 Å². The van der Waals surface area contributed by atoms with E-state index in [9.17, 15) is 14.4 Å². The minimum Gasteiger partial charge on any atom is -0.484 e. The van der Waals surface area contributed by atoms with Crippen LogP contribution in [0.4, 0.5) is 0 Å². The topological polar surface area (TPSA) is 132 Å². The van der Waals surface area contributed by atoms with Gasteiger partial charge in [0, 0.05) is 11.4 Å². The molecular formula is C27H26Cl2N4O5. The zero-order valence-electron chi connectivity index (χ0n) is 20.4. The number of benzene rings is 3. The maximum atomic E-state index is 13.0. The van der Waals surface area contributed by atoms with Crippen LogP contribution in [0.3, 0.4) is 0 Å². The van der Waals surface area contributed by atoms with Crippen molar-refractivity contribution in [3.05, 3.63) is 94.0 Å². The fourth-order valence-electron chi connectivity index (χ4n) is 3.22. The average molecular weight is 557 g/mol. The van der Waals surface area contributed by atoms with Crippen LogP contribution in [0.25, 0.3) is 0 Å². The Kier molecular flexibility index (Phi) is 10.5. The Morgan fingerprint density at radius 3 is 2.37 bits per heavy atom. The summed E-state index contributed by atoms with van der Waals surface area (Å²) in [6.07, 6.45) is 0.721. The van der Waals surface area contributed by atoms with Gasteiger partial charge in [0.2, 0.25) is 0 Å². The molecule has 3 rings (SSSR count). The highest BCUT2D eigenvalue weighted by Gasteiger charge is 2.25. The zero-order valence-corrected chi connectivity index (χ0v) is 21.9. The largest absolute Gasteiger partial charge is 0.484 e. The number of nitrogens with one attached hydrogen (secondary N) is 2.